The highest BCUT2D eigenvalue weighted by Gasteiger charge is 2.41. The number of carbonyl (C=O) groups excluding carboxylic acids is 2. The van der Waals surface area contributed by atoms with E-state index in [0.29, 0.717) is 46.1 Å². The molecule has 2 aliphatic carbocycles. The van der Waals surface area contributed by atoms with E-state index in [1.165, 1.54) is 0 Å². The van der Waals surface area contributed by atoms with Crippen molar-refractivity contribution in [1.82, 2.24) is 5.32 Å². The summed E-state index contributed by atoms with van der Waals surface area (Å²) in [4.78, 5) is 26.6. The largest absolute Gasteiger partial charge is 0.496 e. The van der Waals surface area contributed by atoms with Gasteiger partial charge in [-0.05, 0) is 51.5 Å². The Labute approximate surface area is 188 Å². The number of dihydropyridines is 1. The Morgan fingerprint density at radius 1 is 0.938 bits per heavy atom. The van der Waals surface area contributed by atoms with Gasteiger partial charge in [0.25, 0.3) is 0 Å². The normalized spacial score (nSPS) is 21.2. The monoisotopic (exact) mass is 441 g/mol. The lowest BCUT2D eigenvalue weighted by Crippen LogP contribution is -2.35. The lowest BCUT2D eigenvalue weighted by Gasteiger charge is -2.35. The molecule has 32 heavy (non-hydrogen) atoms. The highest BCUT2D eigenvalue weighted by Crippen LogP contribution is 2.48. The summed E-state index contributed by atoms with van der Waals surface area (Å²) >= 11 is 0. The molecule has 172 valence electrons. The lowest BCUT2D eigenvalue weighted by atomic mass is 9.75. The van der Waals surface area contributed by atoms with E-state index >= 15 is 0 Å². The predicted molar refractivity (Wildman–Crippen MR) is 119 cm³/mol. The number of hydrogen-bond acceptors (Lipinski definition) is 7. The topological polar surface area (TPSA) is 83.1 Å². The molecule has 1 aromatic rings. The van der Waals surface area contributed by atoms with Gasteiger partial charge < -0.3 is 24.3 Å². The first kappa shape index (κ1) is 22.2. The van der Waals surface area contributed by atoms with Crippen molar-refractivity contribution in [3.05, 3.63) is 40.2 Å². The number of ether oxygens (including phenoxy) is 4. The van der Waals surface area contributed by atoms with Crippen LogP contribution < -0.4 is 19.5 Å². The Balaban J connectivity index is 1.87. The number of nitrogens with one attached hydrogen (secondary N) is 1. The minimum Gasteiger partial charge on any atom is -0.496 e. The van der Waals surface area contributed by atoms with Crippen LogP contribution in [0.25, 0.3) is 0 Å². The van der Waals surface area contributed by atoms with Gasteiger partial charge in [-0.15, -0.1) is 0 Å². The first-order valence-corrected chi connectivity index (χ1v) is 11.2. The van der Waals surface area contributed by atoms with Crippen LogP contribution in [-0.2, 0) is 14.3 Å². The molecule has 1 N–H and O–H groups in total. The van der Waals surface area contributed by atoms with E-state index in [2.05, 4.69) is 5.32 Å². The number of hydrogen-bond donors (Lipinski definition) is 1. The molecular weight excluding hydrogens is 410 g/mol. The predicted octanol–water partition coefficient (Wildman–Crippen LogP) is 4.17. The fraction of sp³-hybridized carbons (Fsp3) is 0.520. The average Bonchev–Trinajstić information content (AvgIpc) is 3.30. The van der Waals surface area contributed by atoms with E-state index in [1.54, 1.807) is 33.5 Å². The van der Waals surface area contributed by atoms with Crippen LogP contribution in [0.2, 0.25) is 0 Å². The lowest BCUT2D eigenvalue weighted by molar-refractivity contribution is -0.144. The Morgan fingerprint density at radius 3 is 2.25 bits per heavy atom. The van der Waals surface area contributed by atoms with Crippen LogP contribution in [0.3, 0.4) is 0 Å². The van der Waals surface area contributed by atoms with Gasteiger partial charge in [-0.25, -0.2) is 4.79 Å². The molecule has 0 spiro atoms. The first-order valence-electron chi connectivity index (χ1n) is 11.2. The summed E-state index contributed by atoms with van der Waals surface area (Å²) in [5, 5.41) is 3.33. The maximum absolute atomic E-state index is 13.5. The second-order valence-electron chi connectivity index (χ2n) is 8.53. The second kappa shape index (κ2) is 9.27. The summed E-state index contributed by atoms with van der Waals surface area (Å²) in [6.45, 7) is 1.87. The fourth-order valence-corrected chi connectivity index (χ4v) is 5.06. The molecule has 3 aliphatic rings. The number of ketones is 1. The SMILES string of the molecule is COc1cc(OC)c([C@H]2C(C(=O)OC3CCCC3)=C(C)NC3=C2C(=O)CCC3)cc1OC. The molecule has 1 aliphatic heterocycles. The van der Waals surface area contributed by atoms with Gasteiger partial charge in [-0.1, -0.05) is 0 Å². The molecule has 0 bridgehead atoms. The second-order valence-corrected chi connectivity index (χ2v) is 8.53. The third kappa shape index (κ3) is 3.96. The summed E-state index contributed by atoms with van der Waals surface area (Å²) in [6.07, 6.45) is 5.81. The molecule has 1 aromatic carbocycles. The van der Waals surface area contributed by atoms with E-state index in [9.17, 15) is 9.59 Å². The number of allylic oxidation sites excluding steroid dienone is 3. The molecule has 1 saturated carbocycles. The van der Waals surface area contributed by atoms with Crippen molar-refractivity contribution in [3.63, 3.8) is 0 Å². The van der Waals surface area contributed by atoms with E-state index in [4.69, 9.17) is 18.9 Å². The molecule has 1 fully saturated rings. The summed E-state index contributed by atoms with van der Waals surface area (Å²) in [6, 6.07) is 3.54. The summed E-state index contributed by atoms with van der Waals surface area (Å²) in [5.41, 5.74) is 3.34. The number of benzene rings is 1. The number of carbonyl (C=O) groups is 2. The Kier molecular flexibility index (Phi) is 6.44. The molecule has 7 heteroatoms. The molecule has 1 heterocycles. The molecule has 0 saturated heterocycles. The van der Waals surface area contributed by atoms with Crippen LogP contribution in [-0.4, -0.2) is 39.2 Å². The van der Waals surface area contributed by atoms with E-state index < -0.39 is 5.92 Å². The molecule has 4 rings (SSSR count). The van der Waals surface area contributed by atoms with Crippen LogP contribution in [0.5, 0.6) is 17.2 Å². The molecule has 0 unspecified atom stereocenters. The third-order valence-corrected chi connectivity index (χ3v) is 6.62. The zero-order valence-electron chi connectivity index (χ0n) is 19.2. The Hall–Kier alpha value is -2.96. The summed E-state index contributed by atoms with van der Waals surface area (Å²) < 4.78 is 22.5. The molecule has 1 atom stereocenters. The van der Waals surface area contributed by atoms with Crippen LogP contribution in [0.15, 0.2) is 34.7 Å². The first-order chi connectivity index (χ1) is 15.5. The number of esters is 1. The van der Waals surface area contributed by atoms with Crippen LogP contribution in [0, 0.1) is 0 Å². The number of Topliss-reactive ketones (excluding diaryl/α,β-unsaturated/α-hetero) is 1. The maximum Gasteiger partial charge on any atom is 0.337 e. The van der Waals surface area contributed by atoms with Crippen LogP contribution in [0.1, 0.15) is 63.4 Å². The van der Waals surface area contributed by atoms with Gasteiger partial charge in [-0.3, -0.25) is 4.79 Å². The van der Waals surface area contributed by atoms with Crippen molar-refractivity contribution in [2.45, 2.75) is 63.9 Å². The molecule has 0 amide bonds. The van der Waals surface area contributed by atoms with Crippen molar-refractivity contribution < 1.29 is 28.5 Å². The van der Waals surface area contributed by atoms with Crippen LogP contribution in [0.4, 0.5) is 0 Å². The van der Waals surface area contributed by atoms with Gasteiger partial charge in [0.1, 0.15) is 11.9 Å². The van der Waals surface area contributed by atoms with E-state index in [0.717, 1.165) is 44.2 Å². The van der Waals surface area contributed by atoms with Gasteiger partial charge in [0, 0.05) is 35.0 Å². The number of rotatable bonds is 6. The van der Waals surface area contributed by atoms with E-state index in [-0.39, 0.29) is 17.9 Å². The molecule has 0 radical (unpaired) electrons. The Morgan fingerprint density at radius 2 is 1.59 bits per heavy atom. The zero-order valence-corrected chi connectivity index (χ0v) is 19.2. The minimum atomic E-state index is -0.595. The van der Waals surface area contributed by atoms with Crippen molar-refractivity contribution in [3.8, 4) is 17.2 Å². The van der Waals surface area contributed by atoms with Crippen molar-refractivity contribution in [2.24, 2.45) is 0 Å². The van der Waals surface area contributed by atoms with Gasteiger partial charge >= 0.3 is 5.97 Å². The zero-order chi connectivity index (χ0) is 22.8. The third-order valence-electron chi connectivity index (χ3n) is 6.62. The van der Waals surface area contributed by atoms with Gasteiger partial charge in [0.15, 0.2) is 17.3 Å². The van der Waals surface area contributed by atoms with Gasteiger partial charge in [0.2, 0.25) is 0 Å². The van der Waals surface area contributed by atoms with Crippen molar-refractivity contribution in [2.75, 3.05) is 21.3 Å². The van der Waals surface area contributed by atoms with Gasteiger partial charge in [0.05, 0.1) is 32.8 Å². The van der Waals surface area contributed by atoms with Crippen LogP contribution >= 0.6 is 0 Å². The van der Waals surface area contributed by atoms with E-state index in [1.807, 2.05) is 6.92 Å². The highest BCUT2D eigenvalue weighted by atomic mass is 16.5. The summed E-state index contributed by atoms with van der Waals surface area (Å²) in [7, 11) is 4.68. The maximum atomic E-state index is 13.5. The fourth-order valence-electron chi connectivity index (χ4n) is 5.06. The molecule has 0 aromatic heterocycles. The summed E-state index contributed by atoms with van der Waals surface area (Å²) in [5.74, 6) is 0.616. The van der Waals surface area contributed by atoms with Crippen molar-refractivity contribution in [1.29, 1.82) is 0 Å². The molecular formula is C25H31NO6. The Bertz CT molecular complexity index is 986. The molecule has 7 nitrogen and oxygen atoms in total. The van der Waals surface area contributed by atoms with Crippen molar-refractivity contribution >= 4 is 11.8 Å². The highest BCUT2D eigenvalue weighted by molar-refractivity contribution is 6.04. The standard InChI is InChI=1S/C25H31NO6/c1-14-22(25(28)32-15-8-5-6-9-15)23(24-17(26-14)10-7-11-18(24)27)16-12-20(30-3)21(31-4)13-19(16)29-2/h12-13,15,23,26H,5-11H2,1-4H3/t23-/m0/s1. The average molecular weight is 442 g/mol. The quantitative estimate of drug-likeness (QED) is 0.664. The minimum absolute atomic E-state index is 0.0410. The van der Waals surface area contributed by atoms with Gasteiger partial charge in [-0.2, -0.15) is 0 Å². The number of methoxy groups -OCH3 is 3. The smallest absolute Gasteiger partial charge is 0.337 e.